The van der Waals surface area contributed by atoms with Gasteiger partial charge in [0.1, 0.15) is 12.3 Å². The first kappa shape index (κ1) is 20.9. The molecule has 1 aliphatic heterocycles. The summed E-state index contributed by atoms with van der Waals surface area (Å²) in [7, 11) is 1.72. The zero-order chi connectivity index (χ0) is 21.8. The molecule has 162 valence electrons. The number of methoxy groups -OCH3 is 1. The van der Waals surface area contributed by atoms with Crippen molar-refractivity contribution >= 4 is 23.3 Å². The van der Waals surface area contributed by atoms with Crippen molar-refractivity contribution in [1.29, 1.82) is 0 Å². The van der Waals surface area contributed by atoms with Crippen LogP contribution in [-0.2, 0) is 6.54 Å². The molecule has 0 amide bonds. The van der Waals surface area contributed by atoms with E-state index >= 15 is 0 Å². The van der Waals surface area contributed by atoms with Crippen molar-refractivity contribution in [3.63, 3.8) is 0 Å². The van der Waals surface area contributed by atoms with E-state index < -0.39 is 0 Å². The Labute approximate surface area is 183 Å². The third-order valence-corrected chi connectivity index (χ3v) is 5.77. The van der Waals surface area contributed by atoms with Gasteiger partial charge in [-0.15, -0.1) is 0 Å². The lowest BCUT2D eigenvalue weighted by atomic mass is 10.1. The molecule has 0 radical (unpaired) electrons. The first-order valence-electron chi connectivity index (χ1n) is 10.6. The van der Waals surface area contributed by atoms with Gasteiger partial charge in [0.25, 0.3) is 0 Å². The summed E-state index contributed by atoms with van der Waals surface area (Å²) in [4.78, 5) is 17.0. The average molecular weight is 421 g/mol. The van der Waals surface area contributed by atoms with Crippen molar-refractivity contribution in [3.05, 3.63) is 59.4 Å². The second-order valence-electron chi connectivity index (χ2n) is 7.94. The van der Waals surface area contributed by atoms with Crippen LogP contribution in [0.25, 0.3) is 0 Å². The number of quaternary nitrogens is 1. The minimum atomic E-state index is 0.239. The van der Waals surface area contributed by atoms with Crippen molar-refractivity contribution in [2.45, 2.75) is 20.4 Å². The number of para-hydroxylation sites is 2. The van der Waals surface area contributed by atoms with Gasteiger partial charge in [-0.1, -0.05) is 18.2 Å². The minimum Gasteiger partial charge on any atom is -0.495 e. The molecular formula is C23H30N7O+. The molecular weight excluding hydrogens is 390 g/mol. The van der Waals surface area contributed by atoms with Crippen LogP contribution in [0.5, 0.6) is 5.75 Å². The molecule has 0 spiro atoms. The smallest absolute Gasteiger partial charge is 0.232 e. The molecule has 0 saturated carbocycles. The lowest BCUT2D eigenvalue weighted by molar-refractivity contribution is -0.915. The highest BCUT2D eigenvalue weighted by Gasteiger charge is 2.23. The highest BCUT2D eigenvalue weighted by molar-refractivity contribution is 5.58. The Bertz CT molecular complexity index is 1050. The molecule has 1 aliphatic rings. The standard InChI is InChI=1S/C23H29N7O/c1-16-8-9-18(14-17(16)2)25-23-27-21(26-22(24)28-23)15-29-10-12-30(13-11-29)19-6-4-5-7-20(19)31-3/h4-9,14H,10-13,15H2,1-3H3,(H3,24,25,26,27,28)/p+1. The number of nitrogen functional groups attached to an aromatic ring is 1. The quantitative estimate of drug-likeness (QED) is 0.559. The third-order valence-electron chi connectivity index (χ3n) is 5.77. The van der Waals surface area contributed by atoms with Gasteiger partial charge in [-0.2, -0.15) is 15.0 Å². The third kappa shape index (κ3) is 5.03. The number of benzene rings is 2. The fourth-order valence-electron chi connectivity index (χ4n) is 3.88. The van der Waals surface area contributed by atoms with Gasteiger partial charge in [-0.05, 0) is 49.2 Å². The summed E-state index contributed by atoms with van der Waals surface area (Å²) in [6.07, 6.45) is 0. The van der Waals surface area contributed by atoms with E-state index in [1.54, 1.807) is 7.11 Å². The lowest BCUT2D eigenvalue weighted by Gasteiger charge is -2.34. The van der Waals surface area contributed by atoms with E-state index in [1.807, 2.05) is 18.2 Å². The maximum atomic E-state index is 5.97. The lowest BCUT2D eigenvalue weighted by Crippen LogP contribution is -3.13. The number of rotatable bonds is 6. The zero-order valence-corrected chi connectivity index (χ0v) is 18.4. The molecule has 0 aliphatic carbocycles. The Morgan fingerprint density at radius 2 is 1.81 bits per heavy atom. The van der Waals surface area contributed by atoms with Gasteiger partial charge in [0.05, 0.1) is 39.0 Å². The molecule has 2 heterocycles. The van der Waals surface area contributed by atoms with E-state index in [2.05, 4.69) is 63.3 Å². The minimum absolute atomic E-state index is 0.239. The van der Waals surface area contributed by atoms with Crippen LogP contribution in [0.3, 0.4) is 0 Å². The maximum Gasteiger partial charge on any atom is 0.232 e. The van der Waals surface area contributed by atoms with Gasteiger partial charge in [0.15, 0.2) is 5.82 Å². The summed E-state index contributed by atoms with van der Waals surface area (Å²) in [5, 5.41) is 3.26. The summed E-state index contributed by atoms with van der Waals surface area (Å²) in [6, 6.07) is 14.3. The molecule has 4 N–H and O–H groups in total. The molecule has 3 aromatic rings. The van der Waals surface area contributed by atoms with Gasteiger partial charge < -0.3 is 25.6 Å². The van der Waals surface area contributed by atoms with Crippen LogP contribution in [0.15, 0.2) is 42.5 Å². The summed E-state index contributed by atoms with van der Waals surface area (Å²) in [6.45, 7) is 8.77. The second kappa shape index (κ2) is 9.18. The van der Waals surface area contributed by atoms with E-state index in [-0.39, 0.29) is 5.95 Å². The number of nitrogens with two attached hydrogens (primary N) is 1. The molecule has 0 bridgehead atoms. The normalized spacial score (nSPS) is 14.5. The predicted octanol–water partition coefficient (Wildman–Crippen LogP) is 1.73. The van der Waals surface area contributed by atoms with Crippen molar-refractivity contribution in [2.24, 2.45) is 0 Å². The summed E-state index contributed by atoms with van der Waals surface area (Å²) < 4.78 is 5.51. The van der Waals surface area contributed by atoms with Crippen LogP contribution in [0, 0.1) is 13.8 Å². The number of hydrogen-bond acceptors (Lipinski definition) is 7. The number of aryl methyl sites for hydroxylation is 2. The van der Waals surface area contributed by atoms with Crippen molar-refractivity contribution in [1.82, 2.24) is 15.0 Å². The fourth-order valence-corrected chi connectivity index (χ4v) is 3.88. The molecule has 2 aromatic carbocycles. The Morgan fingerprint density at radius 1 is 1.03 bits per heavy atom. The molecule has 1 aromatic heterocycles. The van der Waals surface area contributed by atoms with E-state index in [9.17, 15) is 0 Å². The molecule has 8 nitrogen and oxygen atoms in total. The van der Waals surface area contributed by atoms with Crippen LogP contribution >= 0.6 is 0 Å². The van der Waals surface area contributed by atoms with E-state index in [0.29, 0.717) is 18.3 Å². The molecule has 4 rings (SSSR count). The Hall–Kier alpha value is -3.39. The maximum absolute atomic E-state index is 5.97. The number of piperazine rings is 1. The number of nitrogens with one attached hydrogen (secondary N) is 2. The number of nitrogens with zero attached hydrogens (tertiary/aromatic N) is 4. The zero-order valence-electron chi connectivity index (χ0n) is 18.4. The van der Waals surface area contributed by atoms with E-state index in [0.717, 1.165) is 43.3 Å². The first-order valence-corrected chi connectivity index (χ1v) is 10.6. The largest absolute Gasteiger partial charge is 0.495 e. The molecule has 0 unspecified atom stereocenters. The van der Waals surface area contributed by atoms with Gasteiger partial charge in [-0.3, -0.25) is 0 Å². The van der Waals surface area contributed by atoms with Gasteiger partial charge in [-0.25, -0.2) is 0 Å². The van der Waals surface area contributed by atoms with Crippen molar-refractivity contribution in [2.75, 3.05) is 49.2 Å². The summed E-state index contributed by atoms with van der Waals surface area (Å²) >= 11 is 0. The van der Waals surface area contributed by atoms with Crippen LogP contribution in [-0.4, -0.2) is 48.2 Å². The second-order valence-corrected chi connectivity index (χ2v) is 7.94. The van der Waals surface area contributed by atoms with E-state index in [4.69, 9.17) is 10.5 Å². The van der Waals surface area contributed by atoms with Gasteiger partial charge >= 0.3 is 0 Å². The fraction of sp³-hybridized carbons (Fsp3) is 0.348. The predicted molar refractivity (Wildman–Crippen MR) is 123 cm³/mol. The van der Waals surface area contributed by atoms with Crippen LogP contribution in [0.2, 0.25) is 0 Å². The van der Waals surface area contributed by atoms with Crippen LogP contribution in [0.1, 0.15) is 17.0 Å². The molecule has 1 saturated heterocycles. The Morgan fingerprint density at radius 3 is 2.55 bits per heavy atom. The van der Waals surface area contributed by atoms with E-state index in [1.165, 1.54) is 16.0 Å². The van der Waals surface area contributed by atoms with Crippen molar-refractivity contribution < 1.29 is 9.64 Å². The van der Waals surface area contributed by atoms with Crippen molar-refractivity contribution in [3.8, 4) is 5.75 Å². The SMILES string of the molecule is COc1ccccc1N1CC[NH+](Cc2nc(N)nc(Nc3ccc(C)c(C)c3)n2)CC1. The highest BCUT2D eigenvalue weighted by atomic mass is 16.5. The summed E-state index contributed by atoms with van der Waals surface area (Å²) in [5.41, 5.74) is 10.5. The first-order chi connectivity index (χ1) is 15.0. The number of hydrogen-bond donors (Lipinski definition) is 3. The van der Waals surface area contributed by atoms with Crippen LogP contribution < -0.4 is 25.6 Å². The van der Waals surface area contributed by atoms with Gasteiger partial charge in [0, 0.05) is 5.69 Å². The average Bonchev–Trinajstić information content (AvgIpc) is 2.76. The van der Waals surface area contributed by atoms with Crippen LogP contribution in [0.4, 0.5) is 23.3 Å². The molecule has 8 heteroatoms. The number of aromatic nitrogens is 3. The topological polar surface area (TPSA) is 93.6 Å². The monoisotopic (exact) mass is 420 g/mol. The Balaban J connectivity index is 1.40. The molecule has 0 atom stereocenters. The number of anilines is 4. The molecule has 31 heavy (non-hydrogen) atoms. The molecule has 1 fully saturated rings. The Kier molecular flexibility index (Phi) is 6.18. The van der Waals surface area contributed by atoms with Gasteiger partial charge in [0.2, 0.25) is 11.9 Å². The highest BCUT2D eigenvalue weighted by Crippen LogP contribution is 2.27. The number of ether oxygens (including phenoxy) is 1. The summed E-state index contributed by atoms with van der Waals surface area (Å²) in [5.74, 6) is 2.35.